The Hall–Kier alpha value is -1.23. The van der Waals surface area contributed by atoms with E-state index in [9.17, 15) is 9.18 Å². The molecule has 2 aliphatic heterocycles. The summed E-state index contributed by atoms with van der Waals surface area (Å²) in [4.78, 5) is 13.9. The van der Waals surface area contributed by atoms with Crippen molar-refractivity contribution in [3.63, 3.8) is 0 Å². The van der Waals surface area contributed by atoms with E-state index in [2.05, 4.69) is 10.2 Å². The average Bonchev–Trinajstić information content (AvgIpc) is 2.46. The Morgan fingerprint density at radius 1 is 1.47 bits per heavy atom. The lowest BCUT2D eigenvalue weighted by atomic mass is 10.1. The fourth-order valence-electron chi connectivity index (χ4n) is 2.42. The first kappa shape index (κ1) is 10.9. The monoisotopic (exact) mass is 252 g/mol. The highest BCUT2D eigenvalue weighted by atomic mass is 32.2. The second-order valence-corrected chi connectivity index (χ2v) is 5.46. The Bertz CT molecular complexity index is 466. The minimum absolute atomic E-state index is 0.0913. The number of amides is 1. The first-order valence-corrected chi connectivity index (χ1v) is 6.84. The van der Waals surface area contributed by atoms with E-state index in [1.807, 2.05) is 17.8 Å². The molecule has 3 rings (SSSR count). The van der Waals surface area contributed by atoms with Gasteiger partial charge in [-0.15, -0.1) is 0 Å². The number of benzene rings is 1. The van der Waals surface area contributed by atoms with Crippen LogP contribution in [0.1, 0.15) is 6.42 Å². The van der Waals surface area contributed by atoms with E-state index in [-0.39, 0.29) is 17.8 Å². The molecule has 2 heterocycles. The van der Waals surface area contributed by atoms with Crippen LogP contribution in [0.15, 0.2) is 18.2 Å². The molecule has 0 spiro atoms. The Kier molecular flexibility index (Phi) is 2.70. The van der Waals surface area contributed by atoms with E-state index < -0.39 is 0 Å². The van der Waals surface area contributed by atoms with Gasteiger partial charge in [0.25, 0.3) is 0 Å². The highest BCUT2D eigenvalue weighted by Gasteiger charge is 2.31. The Morgan fingerprint density at radius 2 is 2.35 bits per heavy atom. The lowest BCUT2D eigenvalue weighted by Gasteiger charge is -2.35. The summed E-state index contributed by atoms with van der Waals surface area (Å²) in [6, 6.07) is 5.16. The third kappa shape index (κ3) is 1.88. The van der Waals surface area contributed by atoms with Crippen molar-refractivity contribution in [3.05, 3.63) is 24.0 Å². The normalized spacial score (nSPS) is 23.5. The van der Waals surface area contributed by atoms with E-state index in [1.165, 1.54) is 6.07 Å². The molecule has 0 radical (unpaired) electrons. The molecule has 1 amide bonds. The van der Waals surface area contributed by atoms with Crippen molar-refractivity contribution in [2.45, 2.75) is 12.5 Å². The maximum absolute atomic E-state index is 13.7. The molecule has 1 N–H and O–H groups in total. The molecule has 90 valence electrons. The molecule has 1 aromatic carbocycles. The van der Waals surface area contributed by atoms with Gasteiger partial charge >= 0.3 is 0 Å². The summed E-state index contributed by atoms with van der Waals surface area (Å²) >= 11 is 1.86. The van der Waals surface area contributed by atoms with Crippen LogP contribution in [0.25, 0.3) is 0 Å². The van der Waals surface area contributed by atoms with Gasteiger partial charge in [0.1, 0.15) is 11.5 Å². The molecular weight excluding hydrogens is 239 g/mol. The van der Waals surface area contributed by atoms with Gasteiger partial charge in [0, 0.05) is 30.5 Å². The molecule has 3 nitrogen and oxygen atoms in total. The maximum atomic E-state index is 13.7. The summed E-state index contributed by atoms with van der Waals surface area (Å²) in [5.74, 6) is 1.52. The van der Waals surface area contributed by atoms with Crippen molar-refractivity contribution >= 4 is 29.0 Å². The first-order valence-electron chi connectivity index (χ1n) is 5.68. The molecule has 1 aromatic rings. The second-order valence-electron chi connectivity index (χ2n) is 4.31. The van der Waals surface area contributed by atoms with Crippen molar-refractivity contribution in [2.75, 3.05) is 28.3 Å². The van der Waals surface area contributed by atoms with Crippen LogP contribution in [0.5, 0.6) is 0 Å². The van der Waals surface area contributed by atoms with Crippen LogP contribution in [0.3, 0.4) is 0 Å². The minimum Gasteiger partial charge on any atom is -0.365 e. The summed E-state index contributed by atoms with van der Waals surface area (Å²) in [5.41, 5.74) is 1.16. The summed E-state index contributed by atoms with van der Waals surface area (Å²) < 4.78 is 13.7. The van der Waals surface area contributed by atoms with Crippen molar-refractivity contribution < 1.29 is 9.18 Å². The van der Waals surface area contributed by atoms with Crippen LogP contribution in [0, 0.1) is 5.82 Å². The number of hydrogen-bond donors (Lipinski definition) is 1. The van der Waals surface area contributed by atoms with Crippen molar-refractivity contribution in [1.82, 2.24) is 0 Å². The van der Waals surface area contributed by atoms with Gasteiger partial charge in [0.2, 0.25) is 5.91 Å². The first-order chi connectivity index (χ1) is 8.25. The number of hydrogen-bond acceptors (Lipinski definition) is 3. The van der Waals surface area contributed by atoms with Crippen LogP contribution < -0.4 is 10.2 Å². The van der Waals surface area contributed by atoms with Gasteiger partial charge in [-0.3, -0.25) is 4.79 Å². The lowest BCUT2D eigenvalue weighted by molar-refractivity contribution is -0.116. The van der Waals surface area contributed by atoms with Gasteiger partial charge in [-0.05, 0) is 12.1 Å². The van der Waals surface area contributed by atoms with E-state index >= 15 is 0 Å². The Morgan fingerprint density at radius 3 is 3.24 bits per heavy atom. The molecule has 1 unspecified atom stereocenters. The predicted molar refractivity (Wildman–Crippen MR) is 68.1 cm³/mol. The number of halogens is 1. The molecular formula is C12H13FN2OS. The van der Waals surface area contributed by atoms with Crippen LogP contribution >= 0.6 is 11.8 Å². The molecule has 0 aromatic heterocycles. The second kappa shape index (κ2) is 4.22. The fraction of sp³-hybridized carbons (Fsp3) is 0.417. The van der Waals surface area contributed by atoms with E-state index in [4.69, 9.17) is 0 Å². The fourth-order valence-corrected chi connectivity index (χ4v) is 3.48. The van der Waals surface area contributed by atoms with Crippen LogP contribution in [0.2, 0.25) is 0 Å². The molecule has 2 aliphatic rings. The van der Waals surface area contributed by atoms with Crippen LogP contribution in [0.4, 0.5) is 15.8 Å². The number of carbonyl (C=O) groups excluding carboxylic acids is 1. The topological polar surface area (TPSA) is 32.3 Å². The molecule has 1 fully saturated rings. The molecule has 0 saturated carbocycles. The zero-order valence-corrected chi connectivity index (χ0v) is 10.1. The average molecular weight is 252 g/mol. The Labute approximate surface area is 103 Å². The van der Waals surface area contributed by atoms with Gasteiger partial charge in [0.15, 0.2) is 0 Å². The van der Waals surface area contributed by atoms with Gasteiger partial charge in [-0.25, -0.2) is 4.39 Å². The number of nitrogens with zero attached hydrogens (tertiary/aromatic N) is 1. The third-order valence-electron chi connectivity index (χ3n) is 3.21. The zero-order chi connectivity index (χ0) is 11.8. The maximum Gasteiger partial charge on any atom is 0.226 e. The smallest absolute Gasteiger partial charge is 0.226 e. The molecule has 1 atom stereocenters. The number of carbonyl (C=O) groups is 1. The largest absolute Gasteiger partial charge is 0.365 e. The summed E-state index contributed by atoms with van der Waals surface area (Å²) in [6.07, 6.45) is 0.446. The zero-order valence-electron chi connectivity index (χ0n) is 9.28. The molecule has 1 saturated heterocycles. The van der Waals surface area contributed by atoms with Gasteiger partial charge < -0.3 is 10.2 Å². The van der Waals surface area contributed by atoms with E-state index in [1.54, 1.807) is 6.07 Å². The number of thioether (sulfide) groups is 1. The number of nitrogens with one attached hydrogen (secondary N) is 1. The van der Waals surface area contributed by atoms with E-state index in [0.29, 0.717) is 12.1 Å². The minimum atomic E-state index is -0.352. The number of para-hydroxylation sites is 1. The molecule has 0 bridgehead atoms. The highest BCUT2D eigenvalue weighted by Crippen LogP contribution is 2.36. The SMILES string of the molecule is O=C1CC2CSCCN2c2cccc(F)c2N1. The summed E-state index contributed by atoms with van der Waals surface area (Å²) in [6.45, 7) is 0.876. The molecule has 5 heteroatoms. The quantitative estimate of drug-likeness (QED) is 0.767. The van der Waals surface area contributed by atoms with Crippen molar-refractivity contribution in [1.29, 1.82) is 0 Å². The van der Waals surface area contributed by atoms with E-state index in [0.717, 1.165) is 23.7 Å². The van der Waals surface area contributed by atoms with Crippen molar-refractivity contribution in [2.24, 2.45) is 0 Å². The number of fused-ring (bicyclic) bond motifs is 3. The highest BCUT2D eigenvalue weighted by molar-refractivity contribution is 7.99. The summed E-state index contributed by atoms with van der Waals surface area (Å²) in [5, 5.41) is 2.68. The number of anilines is 2. The van der Waals surface area contributed by atoms with Gasteiger partial charge in [0.05, 0.1) is 5.69 Å². The Balaban J connectivity index is 2.09. The van der Waals surface area contributed by atoms with Crippen molar-refractivity contribution in [3.8, 4) is 0 Å². The number of rotatable bonds is 0. The molecule has 0 aliphatic carbocycles. The van der Waals surface area contributed by atoms with Crippen LogP contribution in [-0.4, -0.2) is 30.0 Å². The summed E-state index contributed by atoms with van der Waals surface area (Å²) in [7, 11) is 0. The third-order valence-corrected chi connectivity index (χ3v) is 4.31. The van der Waals surface area contributed by atoms with Gasteiger partial charge in [-0.2, -0.15) is 11.8 Å². The van der Waals surface area contributed by atoms with Gasteiger partial charge in [-0.1, -0.05) is 6.07 Å². The molecule has 17 heavy (non-hydrogen) atoms. The standard InChI is InChI=1S/C12H13FN2OS/c13-9-2-1-3-10-12(9)14-11(16)6-8-7-17-5-4-15(8)10/h1-3,8H,4-7H2,(H,14,16). The lowest BCUT2D eigenvalue weighted by Crippen LogP contribution is -2.42. The van der Waals surface area contributed by atoms with Crippen LogP contribution in [-0.2, 0) is 4.79 Å². The predicted octanol–water partition coefficient (Wildman–Crippen LogP) is 2.09.